The minimum atomic E-state index is -0.325. The molecule has 5 nitrogen and oxygen atoms in total. The second-order valence-electron chi connectivity index (χ2n) is 6.49. The molecule has 0 spiro atoms. The number of carbonyl (C=O) groups is 1. The Morgan fingerprint density at radius 2 is 1.88 bits per heavy atom. The first-order chi connectivity index (χ1) is 12.6. The number of halogens is 1. The van der Waals surface area contributed by atoms with Gasteiger partial charge in [-0.25, -0.2) is 9.37 Å². The predicted octanol–water partition coefficient (Wildman–Crippen LogP) is 3.43. The number of carbonyl (C=O) groups excluding carboxylic acids is 1. The summed E-state index contributed by atoms with van der Waals surface area (Å²) in [6.07, 6.45) is 2.68. The van der Waals surface area contributed by atoms with Gasteiger partial charge < -0.3 is 9.88 Å². The van der Waals surface area contributed by atoms with Crippen LogP contribution in [0.3, 0.4) is 0 Å². The Hall–Kier alpha value is -3.02. The smallest absolute Gasteiger partial charge is 0.290 e. The van der Waals surface area contributed by atoms with E-state index in [1.54, 1.807) is 41.3 Å². The number of hydrogen-bond donors (Lipinski definition) is 1. The molecule has 0 bridgehead atoms. The van der Waals surface area contributed by atoms with Crippen LogP contribution in [0.1, 0.15) is 41.5 Å². The lowest BCUT2D eigenvalue weighted by Crippen LogP contribution is -2.40. The fourth-order valence-electron chi connectivity index (χ4n) is 3.53. The number of benzene rings is 2. The van der Waals surface area contributed by atoms with E-state index in [-0.39, 0.29) is 29.1 Å². The van der Waals surface area contributed by atoms with Crippen molar-refractivity contribution in [1.29, 1.82) is 0 Å². The predicted molar refractivity (Wildman–Crippen MR) is 96.4 cm³/mol. The molecule has 6 heteroatoms. The molecule has 1 aromatic heterocycles. The standard InChI is InChI=1S/C20H18FN3O2/c21-14-10-8-13(9-11-14)17-7-3-4-12-24(17)20(26)18-22-16-6-2-1-5-15(16)19(25)23-18/h1-2,5-6,8-11,17H,3-4,7,12H2,(H,22,23,25). The van der Waals surface area contributed by atoms with Gasteiger partial charge in [-0.15, -0.1) is 0 Å². The molecule has 2 heterocycles. The molecule has 1 N–H and O–H groups in total. The topological polar surface area (TPSA) is 66.1 Å². The van der Waals surface area contributed by atoms with Crippen LogP contribution in [0.4, 0.5) is 4.39 Å². The van der Waals surface area contributed by atoms with Crippen molar-refractivity contribution in [3.63, 3.8) is 0 Å². The number of nitrogens with one attached hydrogen (secondary N) is 1. The van der Waals surface area contributed by atoms with Crippen LogP contribution in [-0.2, 0) is 0 Å². The zero-order chi connectivity index (χ0) is 18.1. The van der Waals surface area contributed by atoms with Gasteiger partial charge in [-0.2, -0.15) is 0 Å². The van der Waals surface area contributed by atoms with E-state index >= 15 is 0 Å². The second kappa shape index (κ2) is 6.71. The van der Waals surface area contributed by atoms with Gasteiger partial charge in [0.2, 0.25) is 0 Å². The molecule has 1 aliphatic heterocycles. The minimum absolute atomic E-state index is 0.0442. The summed E-state index contributed by atoms with van der Waals surface area (Å²) in [6, 6.07) is 13.0. The lowest BCUT2D eigenvalue weighted by atomic mass is 9.95. The van der Waals surface area contributed by atoms with E-state index in [1.807, 2.05) is 0 Å². The lowest BCUT2D eigenvalue weighted by Gasteiger charge is -2.35. The number of hydrogen-bond acceptors (Lipinski definition) is 3. The van der Waals surface area contributed by atoms with Crippen molar-refractivity contribution < 1.29 is 9.18 Å². The summed E-state index contributed by atoms with van der Waals surface area (Å²) in [5, 5.41) is 0.456. The van der Waals surface area contributed by atoms with E-state index in [0.717, 1.165) is 24.8 Å². The van der Waals surface area contributed by atoms with Crippen LogP contribution in [0.25, 0.3) is 10.9 Å². The summed E-state index contributed by atoms with van der Waals surface area (Å²) in [5.41, 5.74) is 1.06. The Bertz CT molecular complexity index is 1010. The molecule has 0 aliphatic carbocycles. The van der Waals surface area contributed by atoms with Crippen molar-refractivity contribution in [2.45, 2.75) is 25.3 Å². The molecular weight excluding hydrogens is 333 g/mol. The molecule has 1 unspecified atom stereocenters. The monoisotopic (exact) mass is 351 g/mol. The Morgan fingerprint density at radius 3 is 2.69 bits per heavy atom. The maximum Gasteiger partial charge on any atom is 0.290 e. The third kappa shape index (κ3) is 2.98. The SMILES string of the molecule is O=C(c1nc2ccccc2c(=O)[nH]1)N1CCCCC1c1ccc(F)cc1. The fourth-order valence-corrected chi connectivity index (χ4v) is 3.53. The Morgan fingerprint density at radius 1 is 1.12 bits per heavy atom. The lowest BCUT2D eigenvalue weighted by molar-refractivity contribution is 0.0599. The summed E-state index contributed by atoms with van der Waals surface area (Å²) in [7, 11) is 0. The van der Waals surface area contributed by atoms with Gasteiger partial charge in [0, 0.05) is 6.54 Å². The number of fused-ring (bicyclic) bond motifs is 1. The van der Waals surface area contributed by atoms with Gasteiger partial charge in [-0.3, -0.25) is 9.59 Å². The Balaban J connectivity index is 1.71. The third-order valence-corrected chi connectivity index (χ3v) is 4.83. The maximum atomic E-state index is 13.2. The molecule has 1 saturated heterocycles. The van der Waals surface area contributed by atoms with E-state index in [2.05, 4.69) is 9.97 Å². The van der Waals surface area contributed by atoms with Gasteiger partial charge >= 0.3 is 0 Å². The molecule has 3 aromatic rings. The van der Waals surface area contributed by atoms with Crippen molar-refractivity contribution in [2.24, 2.45) is 0 Å². The normalized spacial score (nSPS) is 17.4. The zero-order valence-corrected chi connectivity index (χ0v) is 14.1. The van der Waals surface area contributed by atoms with E-state index in [9.17, 15) is 14.0 Å². The number of aromatic nitrogens is 2. The highest BCUT2D eigenvalue weighted by atomic mass is 19.1. The van der Waals surface area contributed by atoms with Gasteiger partial charge in [0.1, 0.15) is 5.82 Å². The van der Waals surface area contributed by atoms with E-state index in [1.165, 1.54) is 12.1 Å². The van der Waals surface area contributed by atoms with Crippen molar-refractivity contribution in [2.75, 3.05) is 6.54 Å². The van der Waals surface area contributed by atoms with Crippen molar-refractivity contribution in [3.8, 4) is 0 Å². The number of amides is 1. The van der Waals surface area contributed by atoms with Crippen LogP contribution >= 0.6 is 0 Å². The number of para-hydroxylation sites is 1. The molecule has 1 fully saturated rings. The summed E-state index contributed by atoms with van der Waals surface area (Å²) < 4.78 is 13.2. The third-order valence-electron chi connectivity index (χ3n) is 4.83. The molecule has 4 rings (SSSR count). The van der Waals surface area contributed by atoms with Crippen LogP contribution in [0.2, 0.25) is 0 Å². The fraction of sp³-hybridized carbons (Fsp3) is 0.250. The van der Waals surface area contributed by atoms with Crippen LogP contribution < -0.4 is 5.56 Å². The molecule has 132 valence electrons. The van der Waals surface area contributed by atoms with E-state index in [4.69, 9.17) is 0 Å². The van der Waals surface area contributed by atoms with Crippen LogP contribution in [0.15, 0.2) is 53.3 Å². The Kier molecular flexibility index (Phi) is 4.24. The summed E-state index contributed by atoms with van der Waals surface area (Å²) in [4.78, 5) is 34.0. The quantitative estimate of drug-likeness (QED) is 0.769. The number of H-pyrrole nitrogens is 1. The van der Waals surface area contributed by atoms with Gasteiger partial charge in [-0.05, 0) is 49.1 Å². The van der Waals surface area contributed by atoms with Gasteiger partial charge in [-0.1, -0.05) is 24.3 Å². The highest BCUT2D eigenvalue weighted by Crippen LogP contribution is 2.31. The van der Waals surface area contributed by atoms with Crippen molar-refractivity contribution >= 4 is 16.8 Å². The van der Waals surface area contributed by atoms with Crippen LogP contribution in [0, 0.1) is 5.82 Å². The van der Waals surface area contributed by atoms with Crippen LogP contribution in [-0.4, -0.2) is 27.3 Å². The first-order valence-electron chi connectivity index (χ1n) is 8.69. The second-order valence-corrected chi connectivity index (χ2v) is 6.49. The van der Waals surface area contributed by atoms with E-state index in [0.29, 0.717) is 17.4 Å². The molecule has 1 atom stereocenters. The molecule has 1 amide bonds. The van der Waals surface area contributed by atoms with Crippen molar-refractivity contribution in [1.82, 2.24) is 14.9 Å². The number of piperidine rings is 1. The highest BCUT2D eigenvalue weighted by molar-refractivity contribution is 5.93. The molecule has 0 saturated carbocycles. The molecule has 2 aromatic carbocycles. The number of likely N-dealkylation sites (tertiary alicyclic amines) is 1. The zero-order valence-electron chi connectivity index (χ0n) is 14.1. The average molecular weight is 351 g/mol. The first kappa shape index (κ1) is 16.4. The molecule has 0 radical (unpaired) electrons. The molecular formula is C20H18FN3O2. The van der Waals surface area contributed by atoms with E-state index < -0.39 is 0 Å². The average Bonchev–Trinajstić information content (AvgIpc) is 2.68. The number of rotatable bonds is 2. The summed E-state index contributed by atoms with van der Waals surface area (Å²) in [5.74, 6) is -0.562. The molecule has 1 aliphatic rings. The maximum absolute atomic E-state index is 13.2. The van der Waals surface area contributed by atoms with Crippen LogP contribution in [0.5, 0.6) is 0 Å². The Labute approximate surface area is 149 Å². The first-order valence-corrected chi connectivity index (χ1v) is 8.69. The van der Waals surface area contributed by atoms with Crippen molar-refractivity contribution in [3.05, 3.63) is 76.1 Å². The molecule has 26 heavy (non-hydrogen) atoms. The number of aromatic amines is 1. The highest BCUT2D eigenvalue weighted by Gasteiger charge is 2.30. The number of nitrogens with zero attached hydrogens (tertiary/aromatic N) is 2. The minimum Gasteiger partial charge on any atom is -0.329 e. The largest absolute Gasteiger partial charge is 0.329 e. The van der Waals surface area contributed by atoms with Gasteiger partial charge in [0.05, 0.1) is 16.9 Å². The van der Waals surface area contributed by atoms with Gasteiger partial charge in [0.15, 0.2) is 5.82 Å². The van der Waals surface area contributed by atoms with Gasteiger partial charge in [0.25, 0.3) is 11.5 Å². The summed E-state index contributed by atoms with van der Waals surface area (Å²) >= 11 is 0. The summed E-state index contributed by atoms with van der Waals surface area (Å²) in [6.45, 7) is 0.581.